The van der Waals surface area contributed by atoms with Crippen molar-refractivity contribution >= 4 is 5.97 Å². The molecule has 0 bridgehead atoms. The molecule has 0 aliphatic heterocycles. The zero-order valence-corrected chi connectivity index (χ0v) is 9.87. The first-order valence-electron chi connectivity index (χ1n) is 6.14. The molecule has 0 saturated carbocycles. The Morgan fingerprint density at radius 1 is 1.13 bits per heavy atom. The molecule has 90 valence electrons. The Labute approximate surface area is 93.0 Å². The average Bonchev–Trinajstić information content (AvgIpc) is 2.19. The van der Waals surface area contributed by atoms with E-state index in [2.05, 4.69) is 6.92 Å². The van der Waals surface area contributed by atoms with Gasteiger partial charge in [0.05, 0.1) is 0 Å². The fourth-order valence-corrected chi connectivity index (χ4v) is 1.66. The highest BCUT2D eigenvalue weighted by Crippen LogP contribution is 2.09. The lowest BCUT2D eigenvalue weighted by atomic mass is 10.0. The van der Waals surface area contributed by atoms with E-state index in [-0.39, 0.29) is 12.5 Å². The zero-order chi connectivity index (χ0) is 11.5. The van der Waals surface area contributed by atoms with Gasteiger partial charge in [-0.15, -0.1) is 0 Å². The van der Waals surface area contributed by atoms with Crippen LogP contribution < -0.4 is 5.73 Å². The molecule has 0 rings (SSSR count). The molecule has 0 aliphatic rings. The third kappa shape index (κ3) is 11.4. The summed E-state index contributed by atoms with van der Waals surface area (Å²) in [6, 6.07) is 0.274. The van der Waals surface area contributed by atoms with Crippen molar-refractivity contribution in [2.45, 2.75) is 70.8 Å². The molecule has 0 aliphatic carbocycles. The Morgan fingerprint density at radius 3 is 2.27 bits per heavy atom. The Hall–Kier alpha value is -0.570. The summed E-state index contributed by atoms with van der Waals surface area (Å²) >= 11 is 0. The molecule has 1 atom stereocenters. The monoisotopic (exact) mass is 215 g/mol. The van der Waals surface area contributed by atoms with E-state index in [9.17, 15) is 4.79 Å². The van der Waals surface area contributed by atoms with Crippen LogP contribution in [0.5, 0.6) is 0 Å². The van der Waals surface area contributed by atoms with Gasteiger partial charge in [0.2, 0.25) is 0 Å². The third-order valence-corrected chi connectivity index (χ3v) is 2.64. The minimum atomic E-state index is -0.702. The molecule has 0 heterocycles. The third-order valence-electron chi connectivity index (χ3n) is 2.64. The van der Waals surface area contributed by atoms with Gasteiger partial charge in [0, 0.05) is 12.5 Å². The van der Waals surface area contributed by atoms with Crippen LogP contribution >= 0.6 is 0 Å². The molecule has 0 radical (unpaired) electrons. The van der Waals surface area contributed by atoms with E-state index in [1.54, 1.807) is 0 Å². The summed E-state index contributed by atoms with van der Waals surface area (Å²) in [5, 5.41) is 8.45. The van der Waals surface area contributed by atoms with Crippen LogP contribution in [0.4, 0.5) is 0 Å². The van der Waals surface area contributed by atoms with Crippen molar-refractivity contribution < 1.29 is 9.90 Å². The molecular weight excluding hydrogens is 190 g/mol. The fourth-order valence-electron chi connectivity index (χ4n) is 1.66. The quantitative estimate of drug-likeness (QED) is 0.551. The molecule has 3 nitrogen and oxygen atoms in total. The molecule has 3 heteroatoms. The first kappa shape index (κ1) is 14.4. The summed E-state index contributed by atoms with van der Waals surface area (Å²) in [5.74, 6) is -0.702. The van der Waals surface area contributed by atoms with E-state index in [4.69, 9.17) is 10.8 Å². The molecule has 15 heavy (non-hydrogen) atoms. The van der Waals surface area contributed by atoms with Crippen LogP contribution in [0.3, 0.4) is 0 Å². The van der Waals surface area contributed by atoms with E-state index in [1.165, 1.54) is 25.7 Å². The van der Waals surface area contributed by atoms with Crippen LogP contribution in [0.25, 0.3) is 0 Å². The van der Waals surface area contributed by atoms with Gasteiger partial charge in [-0.2, -0.15) is 0 Å². The molecule has 1 unspecified atom stereocenters. The summed E-state index contributed by atoms with van der Waals surface area (Å²) in [5.41, 5.74) is 5.93. The minimum absolute atomic E-state index is 0.274. The summed E-state index contributed by atoms with van der Waals surface area (Å²) < 4.78 is 0. The maximum Gasteiger partial charge on any atom is 0.303 e. The first-order valence-corrected chi connectivity index (χ1v) is 6.14. The number of carbonyl (C=O) groups is 1. The van der Waals surface area contributed by atoms with Gasteiger partial charge >= 0.3 is 5.97 Å². The normalized spacial score (nSPS) is 12.7. The second-order valence-electron chi connectivity index (χ2n) is 4.25. The molecular formula is C12H25NO2. The maximum absolute atomic E-state index is 10.3. The van der Waals surface area contributed by atoms with Gasteiger partial charge in [-0.05, 0) is 19.3 Å². The standard InChI is InChI=1S/C12H25NO2/c1-2-3-4-5-8-11(13)9-6-7-10-12(14)15/h11H,2-10,13H2,1H3,(H,14,15). The molecule has 0 aromatic rings. The fraction of sp³-hybridized carbons (Fsp3) is 0.917. The van der Waals surface area contributed by atoms with Gasteiger partial charge < -0.3 is 10.8 Å². The number of carboxylic acids is 1. The number of unbranched alkanes of at least 4 members (excludes halogenated alkanes) is 4. The Morgan fingerprint density at radius 2 is 1.73 bits per heavy atom. The van der Waals surface area contributed by atoms with Crippen molar-refractivity contribution in [2.75, 3.05) is 0 Å². The van der Waals surface area contributed by atoms with Crippen molar-refractivity contribution in [1.29, 1.82) is 0 Å². The number of carboxylic acid groups (broad SMARTS) is 1. The van der Waals surface area contributed by atoms with Crippen LogP contribution in [0.2, 0.25) is 0 Å². The van der Waals surface area contributed by atoms with Crippen molar-refractivity contribution in [1.82, 2.24) is 0 Å². The van der Waals surface area contributed by atoms with E-state index in [1.807, 2.05) is 0 Å². The molecule has 0 spiro atoms. The summed E-state index contributed by atoms with van der Waals surface area (Å²) in [4.78, 5) is 10.3. The first-order chi connectivity index (χ1) is 7.16. The number of aliphatic carboxylic acids is 1. The lowest BCUT2D eigenvalue weighted by Crippen LogP contribution is -2.19. The van der Waals surface area contributed by atoms with Gasteiger partial charge in [-0.3, -0.25) is 4.79 Å². The molecule has 0 fully saturated rings. The van der Waals surface area contributed by atoms with Gasteiger partial charge in [0.15, 0.2) is 0 Å². The number of hydrogen-bond donors (Lipinski definition) is 2. The van der Waals surface area contributed by atoms with Crippen LogP contribution in [-0.2, 0) is 4.79 Å². The number of rotatable bonds is 10. The minimum Gasteiger partial charge on any atom is -0.481 e. The molecule has 0 saturated heterocycles. The topological polar surface area (TPSA) is 63.3 Å². The Kier molecular flexibility index (Phi) is 9.59. The highest BCUT2D eigenvalue weighted by molar-refractivity contribution is 5.66. The molecule has 0 aromatic carbocycles. The lowest BCUT2D eigenvalue weighted by molar-refractivity contribution is -0.137. The maximum atomic E-state index is 10.3. The summed E-state index contributed by atoms with van der Waals surface area (Å²) in [7, 11) is 0. The lowest BCUT2D eigenvalue weighted by Gasteiger charge is -2.10. The number of hydrogen-bond acceptors (Lipinski definition) is 2. The van der Waals surface area contributed by atoms with Crippen molar-refractivity contribution in [3.05, 3.63) is 0 Å². The van der Waals surface area contributed by atoms with Gasteiger partial charge in [-0.25, -0.2) is 0 Å². The van der Waals surface area contributed by atoms with Crippen molar-refractivity contribution in [3.63, 3.8) is 0 Å². The average molecular weight is 215 g/mol. The van der Waals surface area contributed by atoms with Gasteiger partial charge in [0.1, 0.15) is 0 Å². The van der Waals surface area contributed by atoms with Crippen LogP contribution in [-0.4, -0.2) is 17.1 Å². The largest absolute Gasteiger partial charge is 0.481 e. The zero-order valence-electron chi connectivity index (χ0n) is 9.87. The summed E-state index contributed by atoms with van der Waals surface area (Å²) in [6.07, 6.45) is 9.10. The van der Waals surface area contributed by atoms with Crippen molar-refractivity contribution in [3.8, 4) is 0 Å². The predicted molar refractivity (Wildman–Crippen MR) is 62.8 cm³/mol. The van der Waals surface area contributed by atoms with Gasteiger partial charge in [0.25, 0.3) is 0 Å². The van der Waals surface area contributed by atoms with Crippen molar-refractivity contribution in [2.24, 2.45) is 5.73 Å². The second kappa shape index (κ2) is 9.97. The van der Waals surface area contributed by atoms with E-state index in [0.29, 0.717) is 0 Å². The smallest absolute Gasteiger partial charge is 0.303 e. The summed E-state index contributed by atoms with van der Waals surface area (Å²) in [6.45, 7) is 2.20. The van der Waals surface area contributed by atoms with Crippen LogP contribution in [0, 0.1) is 0 Å². The molecule has 3 N–H and O–H groups in total. The predicted octanol–water partition coefficient (Wildman–Crippen LogP) is 2.93. The SMILES string of the molecule is CCCCCCC(N)CCCCC(=O)O. The second-order valence-corrected chi connectivity index (χ2v) is 4.25. The highest BCUT2D eigenvalue weighted by atomic mass is 16.4. The molecule has 0 aromatic heterocycles. The van der Waals surface area contributed by atoms with Crippen LogP contribution in [0.15, 0.2) is 0 Å². The Balaban J connectivity index is 3.18. The van der Waals surface area contributed by atoms with E-state index >= 15 is 0 Å². The van der Waals surface area contributed by atoms with E-state index < -0.39 is 5.97 Å². The van der Waals surface area contributed by atoms with E-state index in [0.717, 1.165) is 25.7 Å². The molecule has 0 amide bonds. The van der Waals surface area contributed by atoms with Crippen LogP contribution in [0.1, 0.15) is 64.7 Å². The Bertz CT molecular complexity index is 160. The number of nitrogens with two attached hydrogens (primary N) is 1. The van der Waals surface area contributed by atoms with Gasteiger partial charge in [-0.1, -0.05) is 39.0 Å². The highest BCUT2D eigenvalue weighted by Gasteiger charge is 2.03.